The second-order valence-corrected chi connectivity index (χ2v) is 14.4. The van der Waals surface area contributed by atoms with Gasteiger partial charge in [0, 0.05) is 57.4 Å². The largest absolute Gasteiger partial charge is 0.508 e. The molecule has 3 aromatic rings. The number of piperazine rings is 1. The van der Waals surface area contributed by atoms with Crippen molar-refractivity contribution < 1.29 is 19.8 Å². The highest BCUT2D eigenvalue weighted by molar-refractivity contribution is 5.85. The first kappa shape index (κ1) is 31.7. The molecular formula is C40H49N3O4. The van der Waals surface area contributed by atoms with Gasteiger partial charge in [-0.3, -0.25) is 14.5 Å². The zero-order chi connectivity index (χ0) is 32.3. The number of rotatable bonds is 7. The summed E-state index contributed by atoms with van der Waals surface area (Å²) in [5.41, 5.74) is 6.60. The topological polar surface area (TPSA) is 84.3 Å². The summed E-state index contributed by atoms with van der Waals surface area (Å²) in [6.45, 7) is 6.37. The highest BCUT2D eigenvalue weighted by Crippen LogP contribution is 2.47. The van der Waals surface area contributed by atoms with Crippen LogP contribution in [0.15, 0.2) is 72.8 Å². The number of aromatic hydroxyl groups is 1. The Morgan fingerprint density at radius 1 is 0.723 bits per heavy atom. The van der Waals surface area contributed by atoms with Gasteiger partial charge in [-0.2, -0.15) is 0 Å². The summed E-state index contributed by atoms with van der Waals surface area (Å²) in [4.78, 5) is 31.9. The predicted octanol–water partition coefficient (Wildman–Crippen LogP) is 6.51. The molecular weight excluding hydrogens is 586 g/mol. The SMILES string of the molecule is O=C(O)[C@H]1CCCC[C@@H]1C(=O)N1CCN(CC2CCN(c3ccc([C@@H]4c5ccc(O)cc5CC[C@@H]4c4ccccc4)cc3)CC2)CC1. The minimum atomic E-state index is -0.808. The molecule has 47 heavy (non-hydrogen) atoms. The van der Waals surface area contributed by atoms with Crippen molar-refractivity contribution in [1.82, 2.24) is 9.80 Å². The molecule has 4 atom stereocenters. The molecule has 248 valence electrons. The molecule has 7 nitrogen and oxygen atoms in total. The van der Waals surface area contributed by atoms with Crippen LogP contribution in [0.4, 0.5) is 5.69 Å². The monoisotopic (exact) mass is 635 g/mol. The summed E-state index contributed by atoms with van der Waals surface area (Å²) < 4.78 is 0. The Labute approximate surface area is 279 Å². The Morgan fingerprint density at radius 3 is 2.13 bits per heavy atom. The molecule has 7 heteroatoms. The average Bonchev–Trinajstić information content (AvgIpc) is 3.12. The molecule has 1 amide bonds. The van der Waals surface area contributed by atoms with Crippen LogP contribution in [0.25, 0.3) is 0 Å². The van der Waals surface area contributed by atoms with Gasteiger partial charge in [-0.25, -0.2) is 0 Å². The molecule has 2 N–H and O–H groups in total. The minimum absolute atomic E-state index is 0.0682. The standard InChI is InChI=1S/C40H49N3O4/c44-33-15-17-35-31(26-33)12-16-34(29-6-2-1-3-7-29)38(35)30-10-13-32(14-11-30)42-20-18-28(19-21-42)27-41-22-24-43(25-23-41)39(45)36-8-4-5-9-37(36)40(46)47/h1-3,6-7,10-11,13-15,17,26,28,34,36-38,44H,4-5,8-9,12,16,18-25,27H2,(H,46,47)/t34-,36+,37+,38+/m1/s1. The van der Waals surface area contributed by atoms with Gasteiger partial charge in [0.15, 0.2) is 0 Å². The summed E-state index contributed by atoms with van der Waals surface area (Å²) in [6, 6.07) is 26.1. The molecule has 2 saturated heterocycles. The normalized spacial score (nSPS) is 25.7. The third kappa shape index (κ3) is 6.92. The van der Waals surface area contributed by atoms with E-state index in [9.17, 15) is 19.8 Å². The van der Waals surface area contributed by atoms with E-state index in [4.69, 9.17) is 0 Å². The lowest BCUT2D eigenvalue weighted by Crippen LogP contribution is -2.53. The van der Waals surface area contributed by atoms with Gasteiger partial charge in [0.05, 0.1) is 11.8 Å². The summed E-state index contributed by atoms with van der Waals surface area (Å²) in [5.74, 6) is 0.0793. The van der Waals surface area contributed by atoms with Crippen molar-refractivity contribution in [3.05, 3.63) is 95.1 Å². The molecule has 2 aliphatic heterocycles. The van der Waals surface area contributed by atoms with Crippen LogP contribution in [0.3, 0.4) is 0 Å². The number of amides is 1. The van der Waals surface area contributed by atoms with Crippen molar-refractivity contribution in [2.75, 3.05) is 50.7 Å². The number of phenols is 1. The summed E-state index contributed by atoms with van der Waals surface area (Å²) in [6.07, 6.45) is 7.59. The molecule has 0 aromatic heterocycles. The number of carboxylic acids is 1. The van der Waals surface area contributed by atoms with E-state index in [-0.39, 0.29) is 17.7 Å². The number of carboxylic acid groups (broad SMARTS) is 1. The number of aliphatic carboxylic acids is 1. The molecule has 2 aliphatic carbocycles. The quantitative estimate of drug-likeness (QED) is 0.308. The number of carbonyl (C=O) groups is 2. The third-order valence-electron chi connectivity index (χ3n) is 11.6. The van der Waals surface area contributed by atoms with E-state index in [1.54, 1.807) is 0 Å². The first-order valence-corrected chi connectivity index (χ1v) is 17.9. The maximum atomic E-state index is 13.2. The molecule has 0 radical (unpaired) electrons. The molecule has 0 unspecified atom stereocenters. The fourth-order valence-electron chi connectivity index (χ4n) is 9.02. The van der Waals surface area contributed by atoms with Crippen molar-refractivity contribution in [3.8, 4) is 5.75 Å². The van der Waals surface area contributed by atoms with E-state index in [0.717, 1.165) is 58.4 Å². The average molecular weight is 636 g/mol. The van der Waals surface area contributed by atoms with Gasteiger partial charge in [0.2, 0.25) is 5.91 Å². The lowest BCUT2D eigenvalue weighted by Gasteiger charge is -2.41. The van der Waals surface area contributed by atoms with Gasteiger partial charge in [0.25, 0.3) is 0 Å². The van der Waals surface area contributed by atoms with Gasteiger partial charge in [-0.15, -0.1) is 0 Å². The molecule has 3 aromatic carbocycles. The maximum Gasteiger partial charge on any atom is 0.307 e. The van der Waals surface area contributed by atoms with Crippen LogP contribution in [-0.4, -0.2) is 77.7 Å². The van der Waals surface area contributed by atoms with Crippen LogP contribution in [0.2, 0.25) is 0 Å². The summed E-state index contributed by atoms with van der Waals surface area (Å²) in [7, 11) is 0. The Morgan fingerprint density at radius 2 is 1.43 bits per heavy atom. The van der Waals surface area contributed by atoms with E-state index in [0.29, 0.717) is 43.5 Å². The first-order valence-electron chi connectivity index (χ1n) is 17.9. The number of fused-ring (bicyclic) bond motifs is 1. The number of piperidine rings is 1. The van der Waals surface area contributed by atoms with Crippen molar-refractivity contribution in [2.45, 2.75) is 63.2 Å². The Balaban J connectivity index is 0.936. The zero-order valence-electron chi connectivity index (χ0n) is 27.5. The number of aryl methyl sites for hydroxylation is 1. The summed E-state index contributed by atoms with van der Waals surface area (Å²) >= 11 is 0. The number of hydrogen-bond acceptors (Lipinski definition) is 5. The van der Waals surface area contributed by atoms with E-state index in [1.165, 1.54) is 40.8 Å². The van der Waals surface area contributed by atoms with E-state index in [2.05, 4.69) is 70.5 Å². The molecule has 1 saturated carbocycles. The molecule has 0 bridgehead atoms. The van der Waals surface area contributed by atoms with Crippen LogP contribution in [0.5, 0.6) is 5.75 Å². The van der Waals surface area contributed by atoms with Gasteiger partial charge in [0.1, 0.15) is 5.75 Å². The van der Waals surface area contributed by atoms with E-state index in [1.807, 2.05) is 17.0 Å². The highest BCUT2D eigenvalue weighted by Gasteiger charge is 2.39. The Kier molecular flexibility index (Phi) is 9.53. The van der Waals surface area contributed by atoms with Gasteiger partial charge in [-0.1, -0.05) is 61.4 Å². The van der Waals surface area contributed by atoms with Crippen molar-refractivity contribution in [1.29, 1.82) is 0 Å². The number of anilines is 1. The third-order valence-corrected chi connectivity index (χ3v) is 11.6. The van der Waals surface area contributed by atoms with E-state index >= 15 is 0 Å². The van der Waals surface area contributed by atoms with E-state index < -0.39 is 11.9 Å². The minimum Gasteiger partial charge on any atom is -0.508 e. The lowest BCUT2D eigenvalue weighted by atomic mass is 9.69. The van der Waals surface area contributed by atoms with Gasteiger partial charge < -0.3 is 20.0 Å². The van der Waals surface area contributed by atoms with Crippen LogP contribution >= 0.6 is 0 Å². The van der Waals surface area contributed by atoms with Crippen molar-refractivity contribution >= 4 is 17.6 Å². The second-order valence-electron chi connectivity index (χ2n) is 14.4. The fourth-order valence-corrected chi connectivity index (χ4v) is 9.02. The number of phenolic OH excluding ortho intramolecular Hbond substituents is 1. The number of nitrogens with zero attached hydrogens (tertiary/aromatic N) is 3. The zero-order valence-corrected chi connectivity index (χ0v) is 27.5. The fraction of sp³-hybridized carbons (Fsp3) is 0.500. The van der Waals surface area contributed by atoms with Crippen LogP contribution in [0, 0.1) is 17.8 Å². The molecule has 0 spiro atoms. The van der Waals surface area contributed by atoms with Gasteiger partial charge in [-0.05, 0) is 96.9 Å². The number of hydrogen-bond donors (Lipinski definition) is 2. The van der Waals surface area contributed by atoms with Crippen LogP contribution in [0.1, 0.15) is 79.0 Å². The van der Waals surface area contributed by atoms with Crippen LogP contribution < -0.4 is 4.90 Å². The number of benzene rings is 3. The lowest BCUT2D eigenvalue weighted by molar-refractivity contribution is -0.153. The molecule has 4 aliphatic rings. The second kappa shape index (κ2) is 14.1. The van der Waals surface area contributed by atoms with Crippen molar-refractivity contribution in [2.24, 2.45) is 17.8 Å². The smallest absolute Gasteiger partial charge is 0.307 e. The summed E-state index contributed by atoms with van der Waals surface area (Å²) in [5, 5.41) is 19.8. The van der Waals surface area contributed by atoms with Crippen molar-refractivity contribution in [3.63, 3.8) is 0 Å². The first-order chi connectivity index (χ1) is 22.9. The van der Waals surface area contributed by atoms with Crippen LogP contribution in [-0.2, 0) is 16.0 Å². The van der Waals surface area contributed by atoms with Gasteiger partial charge >= 0.3 is 5.97 Å². The Hall–Kier alpha value is -3.84. The molecule has 3 fully saturated rings. The molecule has 2 heterocycles. The highest BCUT2D eigenvalue weighted by atomic mass is 16.4. The maximum absolute atomic E-state index is 13.2. The molecule has 7 rings (SSSR count). The Bertz CT molecular complexity index is 1530. The predicted molar refractivity (Wildman–Crippen MR) is 185 cm³/mol. The number of carbonyl (C=O) groups excluding carboxylic acids is 1.